The molecule has 2 aromatic rings. The molecule has 3 rings (SSSR count). The van der Waals surface area contributed by atoms with E-state index in [-0.39, 0.29) is 0 Å². The molecule has 0 saturated carbocycles. The first-order chi connectivity index (χ1) is 10.2. The number of fused-ring (bicyclic) bond motifs is 1. The molecular formula is C16H25N5. The second-order valence-electron chi connectivity index (χ2n) is 5.97. The summed E-state index contributed by atoms with van der Waals surface area (Å²) < 4.78 is 1.87. The molecule has 5 nitrogen and oxygen atoms in total. The zero-order valence-corrected chi connectivity index (χ0v) is 13.2. The lowest BCUT2D eigenvalue weighted by Gasteiger charge is -2.43. The minimum atomic E-state index is 0.403. The van der Waals surface area contributed by atoms with Gasteiger partial charge in [0, 0.05) is 37.4 Å². The third-order valence-electron chi connectivity index (χ3n) is 4.78. The highest BCUT2D eigenvalue weighted by atomic mass is 15.3. The van der Waals surface area contributed by atoms with Gasteiger partial charge in [0.1, 0.15) is 6.33 Å². The van der Waals surface area contributed by atoms with Gasteiger partial charge in [-0.05, 0) is 31.4 Å². The van der Waals surface area contributed by atoms with Crippen LogP contribution in [0, 0.1) is 0 Å². The van der Waals surface area contributed by atoms with Crippen LogP contribution in [0.5, 0.6) is 0 Å². The summed E-state index contributed by atoms with van der Waals surface area (Å²) in [5, 5.41) is 7.91. The van der Waals surface area contributed by atoms with Crippen LogP contribution in [0.1, 0.15) is 45.2 Å². The number of rotatable bonds is 4. The molecule has 1 fully saturated rings. The second-order valence-corrected chi connectivity index (χ2v) is 5.97. The molecule has 1 N–H and O–H groups in total. The van der Waals surface area contributed by atoms with Crippen LogP contribution in [-0.4, -0.2) is 44.7 Å². The van der Waals surface area contributed by atoms with Crippen LogP contribution in [0.15, 0.2) is 24.7 Å². The Hall–Kier alpha value is -1.46. The zero-order valence-electron chi connectivity index (χ0n) is 13.2. The summed E-state index contributed by atoms with van der Waals surface area (Å²) in [6.07, 6.45) is 6.08. The van der Waals surface area contributed by atoms with Gasteiger partial charge in [0.2, 0.25) is 0 Å². The summed E-state index contributed by atoms with van der Waals surface area (Å²) >= 11 is 0. The van der Waals surface area contributed by atoms with Crippen molar-refractivity contribution in [2.45, 2.75) is 51.7 Å². The highest BCUT2D eigenvalue weighted by Gasteiger charge is 2.30. The quantitative estimate of drug-likeness (QED) is 0.937. The van der Waals surface area contributed by atoms with Crippen molar-refractivity contribution in [2.24, 2.45) is 0 Å². The van der Waals surface area contributed by atoms with Crippen molar-refractivity contribution < 1.29 is 0 Å². The fourth-order valence-electron chi connectivity index (χ4n) is 3.29. The Morgan fingerprint density at radius 1 is 1.33 bits per heavy atom. The summed E-state index contributed by atoms with van der Waals surface area (Å²) in [5.74, 6) is 0. The standard InChI is InChI=1S/C16H25N5/c1-4-14-10-20(15(5-2)8-17-14)12(3)13-6-7-16-18-11-19-21(16)9-13/h6-7,9,11-12,14-15,17H,4-5,8,10H2,1-3H3/t12?,14-,15+/m0/s1. The fourth-order valence-corrected chi connectivity index (χ4v) is 3.29. The van der Waals surface area contributed by atoms with Gasteiger partial charge in [0.15, 0.2) is 5.65 Å². The fraction of sp³-hybridized carbons (Fsp3) is 0.625. The lowest BCUT2D eigenvalue weighted by molar-refractivity contribution is 0.0848. The van der Waals surface area contributed by atoms with Gasteiger partial charge in [-0.1, -0.05) is 19.9 Å². The molecule has 0 aliphatic carbocycles. The summed E-state index contributed by atoms with van der Waals surface area (Å²) in [4.78, 5) is 6.86. The number of pyridine rings is 1. The molecule has 114 valence electrons. The van der Waals surface area contributed by atoms with E-state index in [9.17, 15) is 0 Å². The highest BCUT2D eigenvalue weighted by molar-refractivity contribution is 5.38. The Kier molecular flexibility index (Phi) is 4.22. The van der Waals surface area contributed by atoms with Crippen molar-refractivity contribution in [3.63, 3.8) is 0 Å². The second kappa shape index (κ2) is 6.12. The summed E-state index contributed by atoms with van der Waals surface area (Å²) in [6.45, 7) is 9.04. The Labute approximate surface area is 126 Å². The third-order valence-corrected chi connectivity index (χ3v) is 4.78. The van der Waals surface area contributed by atoms with Crippen molar-refractivity contribution in [1.29, 1.82) is 0 Å². The van der Waals surface area contributed by atoms with Crippen molar-refractivity contribution >= 4 is 5.65 Å². The van der Waals surface area contributed by atoms with Gasteiger partial charge in [0.05, 0.1) is 0 Å². The first-order valence-corrected chi connectivity index (χ1v) is 8.01. The van der Waals surface area contributed by atoms with Crippen LogP contribution in [-0.2, 0) is 0 Å². The average molecular weight is 287 g/mol. The van der Waals surface area contributed by atoms with E-state index in [2.05, 4.69) is 59.4 Å². The van der Waals surface area contributed by atoms with Crippen molar-refractivity contribution in [3.8, 4) is 0 Å². The van der Waals surface area contributed by atoms with Crippen LogP contribution in [0.4, 0.5) is 0 Å². The van der Waals surface area contributed by atoms with E-state index in [1.807, 2.05) is 4.52 Å². The molecule has 5 heteroatoms. The Morgan fingerprint density at radius 2 is 2.19 bits per heavy atom. The Morgan fingerprint density at radius 3 is 2.95 bits per heavy atom. The van der Waals surface area contributed by atoms with Crippen LogP contribution in [0.2, 0.25) is 0 Å². The lowest BCUT2D eigenvalue weighted by atomic mass is 10.00. The smallest absolute Gasteiger partial charge is 0.155 e. The first-order valence-electron chi connectivity index (χ1n) is 8.01. The van der Waals surface area contributed by atoms with Crippen molar-refractivity contribution in [2.75, 3.05) is 13.1 Å². The predicted octanol–water partition coefficient (Wildman–Crippen LogP) is 2.25. The van der Waals surface area contributed by atoms with Crippen LogP contribution in [0.3, 0.4) is 0 Å². The SMILES string of the molecule is CC[C@H]1CN(C(C)c2ccc3ncnn3c2)[C@H](CC)CN1. The largest absolute Gasteiger partial charge is 0.311 e. The maximum Gasteiger partial charge on any atom is 0.155 e. The van der Waals surface area contributed by atoms with Crippen molar-refractivity contribution in [3.05, 3.63) is 30.2 Å². The van der Waals surface area contributed by atoms with Gasteiger partial charge in [-0.2, -0.15) is 5.10 Å². The Balaban J connectivity index is 1.85. The molecule has 2 aromatic heterocycles. The number of aromatic nitrogens is 3. The molecule has 3 atom stereocenters. The van der Waals surface area contributed by atoms with Gasteiger partial charge < -0.3 is 5.32 Å². The average Bonchev–Trinajstić information content (AvgIpc) is 3.01. The monoisotopic (exact) mass is 287 g/mol. The molecule has 1 unspecified atom stereocenters. The number of hydrogen-bond donors (Lipinski definition) is 1. The summed E-state index contributed by atoms with van der Waals surface area (Å²) in [7, 11) is 0. The van der Waals surface area contributed by atoms with Gasteiger partial charge in [-0.15, -0.1) is 0 Å². The lowest BCUT2D eigenvalue weighted by Crippen LogP contribution is -2.56. The van der Waals surface area contributed by atoms with E-state index < -0.39 is 0 Å². The van der Waals surface area contributed by atoms with Crippen LogP contribution < -0.4 is 5.32 Å². The molecule has 1 saturated heterocycles. The first kappa shape index (κ1) is 14.5. The van der Waals surface area contributed by atoms with E-state index in [0.717, 1.165) is 18.7 Å². The highest BCUT2D eigenvalue weighted by Crippen LogP contribution is 2.26. The Bertz CT molecular complexity index is 593. The third kappa shape index (κ3) is 2.80. The minimum absolute atomic E-state index is 0.403. The molecule has 1 aliphatic heterocycles. The number of nitrogens with one attached hydrogen (secondary N) is 1. The van der Waals surface area contributed by atoms with Crippen molar-refractivity contribution in [1.82, 2.24) is 24.8 Å². The van der Waals surface area contributed by atoms with Gasteiger partial charge >= 0.3 is 0 Å². The molecular weight excluding hydrogens is 262 g/mol. The summed E-state index contributed by atoms with van der Waals surface area (Å²) in [5.41, 5.74) is 2.22. The normalized spacial score (nSPS) is 25.3. The number of nitrogens with zero attached hydrogens (tertiary/aromatic N) is 4. The minimum Gasteiger partial charge on any atom is -0.311 e. The predicted molar refractivity (Wildman–Crippen MR) is 84.3 cm³/mol. The maximum absolute atomic E-state index is 4.25. The van der Waals surface area contributed by atoms with E-state index in [0.29, 0.717) is 18.1 Å². The molecule has 3 heterocycles. The molecule has 0 spiro atoms. The molecule has 21 heavy (non-hydrogen) atoms. The van der Waals surface area contributed by atoms with E-state index in [1.54, 1.807) is 6.33 Å². The number of piperazine rings is 1. The molecule has 0 amide bonds. The van der Waals surface area contributed by atoms with Gasteiger partial charge in [0.25, 0.3) is 0 Å². The molecule has 0 radical (unpaired) electrons. The van der Waals surface area contributed by atoms with Gasteiger partial charge in [-0.3, -0.25) is 4.90 Å². The summed E-state index contributed by atoms with van der Waals surface area (Å²) in [6, 6.07) is 5.85. The van der Waals surface area contributed by atoms with E-state index in [4.69, 9.17) is 0 Å². The van der Waals surface area contributed by atoms with E-state index >= 15 is 0 Å². The zero-order chi connectivity index (χ0) is 14.8. The number of hydrogen-bond acceptors (Lipinski definition) is 4. The molecule has 0 bridgehead atoms. The molecule has 0 aromatic carbocycles. The van der Waals surface area contributed by atoms with Crippen LogP contribution >= 0.6 is 0 Å². The molecule has 1 aliphatic rings. The topological polar surface area (TPSA) is 45.5 Å². The maximum atomic E-state index is 4.25. The van der Waals surface area contributed by atoms with Crippen LogP contribution in [0.25, 0.3) is 5.65 Å². The van der Waals surface area contributed by atoms with E-state index in [1.165, 1.54) is 18.4 Å². The van der Waals surface area contributed by atoms with Gasteiger partial charge in [-0.25, -0.2) is 9.50 Å².